The van der Waals surface area contributed by atoms with Crippen LogP contribution in [0.5, 0.6) is 0 Å². The van der Waals surface area contributed by atoms with Crippen molar-refractivity contribution in [1.82, 2.24) is 14.7 Å². The van der Waals surface area contributed by atoms with Gasteiger partial charge in [0.25, 0.3) is 0 Å². The predicted octanol–water partition coefficient (Wildman–Crippen LogP) is -0.533. The van der Waals surface area contributed by atoms with Crippen molar-refractivity contribution in [2.24, 2.45) is 5.92 Å². The molecule has 0 aliphatic carbocycles. The number of carbonyl (C=O) groups excluding carboxylic acids is 1. The zero-order valence-electron chi connectivity index (χ0n) is 12.3. The summed E-state index contributed by atoms with van der Waals surface area (Å²) in [5.41, 5.74) is 0. The third kappa shape index (κ3) is 3.95. The highest BCUT2D eigenvalue weighted by atomic mass is 16.3. The first-order valence-electron chi connectivity index (χ1n) is 7.44. The molecule has 0 bridgehead atoms. The summed E-state index contributed by atoms with van der Waals surface area (Å²) < 4.78 is 0. The number of piperazine rings is 1. The van der Waals surface area contributed by atoms with Crippen LogP contribution in [0.4, 0.5) is 0 Å². The predicted molar refractivity (Wildman–Crippen MR) is 78.1 cm³/mol. The molecule has 2 heterocycles. The van der Waals surface area contributed by atoms with Crippen molar-refractivity contribution < 1.29 is 9.90 Å². The minimum Gasteiger partial charge on any atom is -0.393 e. The van der Waals surface area contributed by atoms with Gasteiger partial charge in [-0.2, -0.15) is 0 Å². The fourth-order valence-corrected chi connectivity index (χ4v) is 2.98. The van der Waals surface area contributed by atoms with Gasteiger partial charge in [-0.3, -0.25) is 14.6 Å². The molecule has 112 valence electrons. The Morgan fingerprint density at radius 2 is 2.00 bits per heavy atom. The molecular formula is C15H25N3O2. The number of carbonyl (C=O) groups is 1. The van der Waals surface area contributed by atoms with E-state index in [0.29, 0.717) is 19.0 Å². The van der Waals surface area contributed by atoms with E-state index in [1.54, 1.807) is 0 Å². The van der Waals surface area contributed by atoms with Gasteiger partial charge >= 0.3 is 0 Å². The van der Waals surface area contributed by atoms with Crippen LogP contribution in [-0.2, 0) is 4.79 Å². The number of terminal acetylenes is 1. The van der Waals surface area contributed by atoms with Gasteiger partial charge in [0.1, 0.15) is 0 Å². The first-order chi connectivity index (χ1) is 9.60. The Balaban J connectivity index is 1.72. The van der Waals surface area contributed by atoms with Crippen LogP contribution in [0, 0.1) is 18.3 Å². The molecule has 0 saturated carbocycles. The van der Waals surface area contributed by atoms with Crippen molar-refractivity contribution in [2.45, 2.75) is 19.4 Å². The lowest BCUT2D eigenvalue weighted by Crippen LogP contribution is -2.51. The Bertz CT molecular complexity index is 370. The van der Waals surface area contributed by atoms with E-state index in [9.17, 15) is 9.90 Å². The van der Waals surface area contributed by atoms with Gasteiger partial charge in [-0.05, 0) is 25.8 Å². The summed E-state index contributed by atoms with van der Waals surface area (Å²) >= 11 is 0. The van der Waals surface area contributed by atoms with Crippen LogP contribution < -0.4 is 0 Å². The van der Waals surface area contributed by atoms with Gasteiger partial charge < -0.3 is 10.0 Å². The SMILES string of the molecule is C#CCN1CCN(C(=O)CN2CCC(C(C)O)C2)CC1. The second kappa shape index (κ2) is 7.07. The highest BCUT2D eigenvalue weighted by molar-refractivity contribution is 5.78. The maximum atomic E-state index is 12.3. The Morgan fingerprint density at radius 1 is 1.30 bits per heavy atom. The van der Waals surface area contributed by atoms with Crippen molar-refractivity contribution in [2.75, 3.05) is 52.4 Å². The molecule has 20 heavy (non-hydrogen) atoms. The Hall–Kier alpha value is -1.09. The van der Waals surface area contributed by atoms with Gasteiger partial charge in [-0.25, -0.2) is 0 Å². The van der Waals surface area contributed by atoms with E-state index >= 15 is 0 Å². The number of aliphatic hydroxyl groups excluding tert-OH is 1. The van der Waals surface area contributed by atoms with E-state index in [0.717, 1.165) is 45.7 Å². The minimum absolute atomic E-state index is 0.205. The van der Waals surface area contributed by atoms with Crippen LogP contribution in [0.25, 0.3) is 0 Å². The topological polar surface area (TPSA) is 47.0 Å². The lowest BCUT2D eigenvalue weighted by molar-refractivity contribution is -0.133. The second-order valence-corrected chi connectivity index (χ2v) is 5.89. The molecule has 2 unspecified atom stereocenters. The molecule has 5 nitrogen and oxygen atoms in total. The van der Waals surface area contributed by atoms with Gasteiger partial charge in [0.05, 0.1) is 19.2 Å². The average molecular weight is 279 g/mol. The number of hydrogen-bond donors (Lipinski definition) is 1. The summed E-state index contributed by atoms with van der Waals surface area (Å²) in [6, 6.07) is 0. The number of nitrogens with zero attached hydrogens (tertiary/aromatic N) is 3. The molecule has 2 fully saturated rings. The molecule has 2 aliphatic rings. The zero-order chi connectivity index (χ0) is 14.5. The summed E-state index contributed by atoms with van der Waals surface area (Å²) in [4.78, 5) is 18.5. The van der Waals surface area contributed by atoms with Crippen molar-refractivity contribution in [3.8, 4) is 12.3 Å². The maximum Gasteiger partial charge on any atom is 0.236 e. The van der Waals surface area contributed by atoms with Gasteiger partial charge in [0.15, 0.2) is 0 Å². The average Bonchev–Trinajstić information content (AvgIpc) is 2.88. The third-order valence-electron chi connectivity index (χ3n) is 4.39. The van der Waals surface area contributed by atoms with Crippen LogP contribution in [-0.4, -0.2) is 84.2 Å². The van der Waals surface area contributed by atoms with Gasteiger partial charge in [-0.15, -0.1) is 6.42 Å². The Morgan fingerprint density at radius 3 is 2.55 bits per heavy atom. The molecule has 2 rings (SSSR count). The van der Waals surface area contributed by atoms with E-state index in [-0.39, 0.29) is 12.0 Å². The molecule has 1 N–H and O–H groups in total. The maximum absolute atomic E-state index is 12.3. The summed E-state index contributed by atoms with van der Waals surface area (Å²) in [7, 11) is 0. The van der Waals surface area contributed by atoms with Crippen LogP contribution in [0.15, 0.2) is 0 Å². The lowest BCUT2D eigenvalue weighted by atomic mass is 10.0. The number of likely N-dealkylation sites (tertiary alicyclic amines) is 1. The normalized spacial score (nSPS) is 26.4. The number of hydrogen-bond acceptors (Lipinski definition) is 4. The minimum atomic E-state index is -0.276. The molecule has 0 aromatic heterocycles. The highest BCUT2D eigenvalue weighted by Gasteiger charge is 2.29. The number of rotatable bonds is 4. The van der Waals surface area contributed by atoms with Crippen LogP contribution in [0.2, 0.25) is 0 Å². The largest absolute Gasteiger partial charge is 0.393 e. The van der Waals surface area contributed by atoms with Crippen molar-refractivity contribution in [3.05, 3.63) is 0 Å². The third-order valence-corrected chi connectivity index (χ3v) is 4.39. The molecule has 2 saturated heterocycles. The second-order valence-electron chi connectivity index (χ2n) is 5.89. The fourth-order valence-electron chi connectivity index (χ4n) is 2.98. The molecule has 0 aromatic rings. The van der Waals surface area contributed by atoms with E-state index in [4.69, 9.17) is 6.42 Å². The quantitative estimate of drug-likeness (QED) is 0.703. The standard InChI is InChI=1S/C15H25N3O2/c1-3-5-16-7-9-18(10-8-16)15(20)12-17-6-4-14(11-17)13(2)19/h1,13-14,19H,4-12H2,2H3. The summed E-state index contributed by atoms with van der Waals surface area (Å²) in [5.74, 6) is 3.17. The molecular weight excluding hydrogens is 254 g/mol. The van der Waals surface area contributed by atoms with Crippen LogP contribution in [0.3, 0.4) is 0 Å². The highest BCUT2D eigenvalue weighted by Crippen LogP contribution is 2.19. The van der Waals surface area contributed by atoms with Crippen molar-refractivity contribution in [3.63, 3.8) is 0 Å². The molecule has 2 aliphatic heterocycles. The van der Waals surface area contributed by atoms with E-state index in [1.807, 2.05) is 11.8 Å². The molecule has 0 aromatic carbocycles. The van der Waals surface area contributed by atoms with Crippen molar-refractivity contribution in [1.29, 1.82) is 0 Å². The molecule has 1 amide bonds. The summed E-state index contributed by atoms with van der Waals surface area (Å²) in [5, 5.41) is 9.59. The Kier molecular flexibility index (Phi) is 5.41. The monoisotopic (exact) mass is 279 g/mol. The molecule has 2 atom stereocenters. The first kappa shape index (κ1) is 15.3. The van der Waals surface area contributed by atoms with Crippen LogP contribution in [0.1, 0.15) is 13.3 Å². The van der Waals surface area contributed by atoms with Crippen LogP contribution >= 0.6 is 0 Å². The van der Waals surface area contributed by atoms with Gasteiger partial charge in [0, 0.05) is 32.7 Å². The fraction of sp³-hybridized carbons (Fsp3) is 0.800. The molecule has 0 radical (unpaired) electrons. The van der Waals surface area contributed by atoms with E-state index in [2.05, 4.69) is 15.7 Å². The van der Waals surface area contributed by atoms with Gasteiger partial charge in [0.2, 0.25) is 5.91 Å². The van der Waals surface area contributed by atoms with Gasteiger partial charge in [-0.1, -0.05) is 5.92 Å². The van der Waals surface area contributed by atoms with Crippen molar-refractivity contribution >= 4 is 5.91 Å². The number of amides is 1. The van der Waals surface area contributed by atoms with E-state index in [1.165, 1.54) is 0 Å². The number of aliphatic hydroxyl groups is 1. The Labute approximate surface area is 121 Å². The summed E-state index contributed by atoms with van der Waals surface area (Å²) in [6.45, 7) is 8.02. The smallest absolute Gasteiger partial charge is 0.236 e. The molecule has 0 spiro atoms. The zero-order valence-corrected chi connectivity index (χ0v) is 12.3. The van der Waals surface area contributed by atoms with E-state index < -0.39 is 0 Å². The molecule has 5 heteroatoms. The first-order valence-corrected chi connectivity index (χ1v) is 7.44. The summed E-state index contributed by atoms with van der Waals surface area (Å²) in [6.07, 6.45) is 6.01. The lowest BCUT2D eigenvalue weighted by Gasteiger charge is -2.34.